The lowest BCUT2D eigenvalue weighted by atomic mass is 10.1. The summed E-state index contributed by atoms with van der Waals surface area (Å²) in [6, 6.07) is 8.65. The molecular weight excluding hydrogens is 200 g/mol. The third-order valence-electron chi connectivity index (χ3n) is 2.76. The molecule has 3 nitrogen and oxygen atoms in total. The van der Waals surface area contributed by atoms with Gasteiger partial charge in [0.05, 0.1) is 6.61 Å². The Hall–Kier alpha value is -1.06. The Morgan fingerprint density at radius 3 is 2.31 bits per heavy atom. The van der Waals surface area contributed by atoms with E-state index in [1.807, 2.05) is 14.1 Å². The lowest BCUT2D eigenvalue weighted by Gasteiger charge is -2.15. The van der Waals surface area contributed by atoms with Crippen LogP contribution in [0.2, 0.25) is 0 Å². The second-order valence-electron chi connectivity index (χ2n) is 4.23. The molecule has 0 saturated carbocycles. The largest absolute Gasteiger partial charge is 0.395 e. The molecule has 0 aliphatic carbocycles. The summed E-state index contributed by atoms with van der Waals surface area (Å²) in [5.74, 6) is 0. The molecule has 0 amide bonds. The van der Waals surface area contributed by atoms with E-state index in [4.69, 9.17) is 5.11 Å². The summed E-state index contributed by atoms with van der Waals surface area (Å²) in [5.41, 5.74) is 2.45. The molecule has 0 bridgehead atoms. The van der Waals surface area contributed by atoms with E-state index in [2.05, 4.69) is 41.4 Å². The van der Waals surface area contributed by atoms with Gasteiger partial charge in [-0.05, 0) is 24.1 Å². The first kappa shape index (κ1) is 13.0. The number of hydrogen-bond acceptors (Lipinski definition) is 3. The molecule has 0 radical (unpaired) electrons. The highest BCUT2D eigenvalue weighted by atomic mass is 16.3. The Labute approximate surface area is 98.1 Å². The minimum Gasteiger partial charge on any atom is -0.395 e. The average molecular weight is 222 g/mol. The van der Waals surface area contributed by atoms with Crippen LogP contribution in [0, 0.1) is 0 Å². The zero-order chi connectivity index (χ0) is 12.0. The zero-order valence-electron chi connectivity index (χ0n) is 10.4. The predicted octanol–water partition coefficient (Wildman–Crippen LogP) is 1.61. The van der Waals surface area contributed by atoms with Gasteiger partial charge in [-0.3, -0.25) is 0 Å². The van der Waals surface area contributed by atoms with Gasteiger partial charge in [0.2, 0.25) is 0 Å². The van der Waals surface area contributed by atoms with Crippen LogP contribution >= 0.6 is 0 Å². The molecule has 2 N–H and O–H groups in total. The molecule has 0 unspecified atom stereocenters. The van der Waals surface area contributed by atoms with Crippen LogP contribution in [0.15, 0.2) is 24.3 Å². The first-order valence-electron chi connectivity index (χ1n) is 5.78. The monoisotopic (exact) mass is 222 g/mol. The SMILES string of the molecule is CC[C@@H](CO)NCc1ccc(N(C)C)cc1. The molecule has 0 aromatic heterocycles. The smallest absolute Gasteiger partial charge is 0.0584 e. The van der Waals surface area contributed by atoms with Gasteiger partial charge >= 0.3 is 0 Å². The Bertz CT molecular complexity index is 291. The van der Waals surface area contributed by atoms with Gasteiger partial charge in [0, 0.05) is 32.4 Å². The fourth-order valence-corrected chi connectivity index (χ4v) is 1.51. The molecule has 16 heavy (non-hydrogen) atoms. The molecule has 90 valence electrons. The van der Waals surface area contributed by atoms with E-state index < -0.39 is 0 Å². The molecule has 0 heterocycles. The van der Waals surface area contributed by atoms with Gasteiger partial charge in [0.1, 0.15) is 0 Å². The third-order valence-corrected chi connectivity index (χ3v) is 2.76. The van der Waals surface area contributed by atoms with E-state index in [0.29, 0.717) is 0 Å². The number of rotatable bonds is 6. The number of nitrogens with one attached hydrogen (secondary N) is 1. The van der Waals surface area contributed by atoms with Crippen molar-refractivity contribution in [3.8, 4) is 0 Å². The van der Waals surface area contributed by atoms with Gasteiger partial charge in [-0.2, -0.15) is 0 Å². The molecule has 1 aromatic rings. The Kier molecular flexibility index (Phi) is 5.29. The first-order valence-corrected chi connectivity index (χ1v) is 5.78. The maximum atomic E-state index is 9.05. The molecular formula is C13H22N2O. The van der Waals surface area contributed by atoms with Crippen molar-refractivity contribution in [2.75, 3.05) is 25.6 Å². The number of aliphatic hydroxyl groups is 1. The molecule has 0 spiro atoms. The lowest BCUT2D eigenvalue weighted by Crippen LogP contribution is -2.31. The highest BCUT2D eigenvalue weighted by molar-refractivity contribution is 5.45. The molecule has 1 atom stereocenters. The summed E-state index contributed by atoms with van der Waals surface area (Å²) in [6.45, 7) is 3.09. The van der Waals surface area contributed by atoms with Gasteiger partial charge in [-0.15, -0.1) is 0 Å². The highest BCUT2D eigenvalue weighted by Crippen LogP contribution is 2.12. The second kappa shape index (κ2) is 6.51. The van der Waals surface area contributed by atoms with Crippen LogP contribution < -0.4 is 10.2 Å². The quantitative estimate of drug-likeness (QED) is 0.767. The van der Waals surface area contributed by atoms with Crippen LogP contribution in [-0.2, 0) is 6.54 Å². The Balaban J connectivity index is 2.49. The predicted molar refractivity (Wildman–Crippen MR) is 68.8 cm³/mol. The summed E-state index contributed by atoms with van der Waals surface area (Å²) in [5, 5.41) is 12.4. The normalized spacial score (nSPS) is 12.5. The third kappa shape index (κ3) is 3.83. The maximum Gasteiger partial charge on any atom is 0.0584 e. The van der Waals surface area contributed by atoms with E-state index in [1.54, 1.807) is 0 Å². The maximum absolute atomic E-state index is 9.05. The van der Waals surface area contributed by atoms with Crippen molar-refractivity contribution < 1.29 is 5.11 Å². The van der Waals surface area contributed by atoms with Crippen molar-refractivity contribution >= 4 is 5.69 Å². The van der Waals surface area contributed by atoms with Crippen molar-refractivity contribution in [2.24, 2.45) is 0 Å². The van der Waals surface area contributed by atoms with E-state index in [1.165, 1.54) is 11.3 Å². The fourth-order valence-electron chi connectivity index (χ4n) is 1.51. The topological polar surface area (TPSA) is 35.5 Å². The zero-order valence-corrected chi connectivity index (χ0v) is 10.4. The van der Waals surface area contributed by atoms with Crippen molar-refractivity contribution in [3.05, 3.63) is 29.8 Å². The molecule has 0 aliphatic rings. The molecule has 0 aliphatic heterocycles. The lowest BCUT2D eigenvalue weighted by molar-refractivity contribution is 0.238. The minimum atomic E-state index is 0.201. The summed E-state index contributed by atoms with van der Waals surface area (Å²) in [4.78, 5) is 2.08. The summed E-state index contributed by atoms with van der Waals surface area (Å²) in [6.07, 6.45) is 0.951. The number of benzene rings is 1. The Morgan fingerprint density at radius 1 is 1.25 bits per heavy atom. The first-order chi connectivity index (χ1) is 7.67. The van der Waals surface area contributed by atoms with Crippen LogP contribution in [0.5, 0.6) is 0 Å². The molecule has 0 fully saturated rings. The Morgan fingerprint density at radius 2 is 1.88 bits per heavy atom. The summed E-state index contributed by atoms with van der Waals surface area (Å²) < 4.78 is 0. The molecule has 0 saturated heterocycles. The molecule has 3 heteroatoms. The molecule has 1 aromatic carbocycles. The fraction of sp³-hybridized carbons (Fsp3) is 0.538. The van der Waals surface area contributed by atoms with Gasteiger partial charge in [-0.25, -0.2) is 0 Å². The van der Waals surface area contributed by atoms with Gasteiger partial charge < -0.3 is 15.3 Å². The number of aliphatic hydroxyl groups excluding tert-OH is 1. The standard InChI is InChI=1S/C13H22N2O/c1-4-12(10-16)14-9-11-5-7-13(8-6-11)15(2)3/h5-8,12,14,16H,4,9-10H2,1-3H3/t12-/m0/s1. The highest BCUT2D eigenvalue weighted by Gasteiger charge is 2.03. The van der Waals surface area contributed by atoms with Gasteiger partial charge in [0.25, 0.3) is 0 Å². The van der Waals surface area contributed by atoms with Crippen molar-refractivity contribution in [1.82, 2.24) is 5.32 Å². The van der Waals surface area contributed by atoms with Crippen molar-refractivity contribution in [3.63, 3.8) is 0 Å². The molecule has 1 rings (SSSR count). The van der Waals surface area contributed by atoms with Gasteiger partial charge in [-0.1, -0.05) is 19.1 Å². The van der Waals surface area contributed by atoms with Crippen LogP contribution in [0.1, 0.15) is 18.9 Å². The van der Waals surface area contributed by atoms with E-state index in [0.717, 1.165) is 13.0 Å². The number of nitrogens with zero attached hydrogens (tertiary/aromatic N) is 1. The summed E-state index contributed by atoms with van der Waals surface area (Å²) >= 11 is 0. The van der Waals surface area contributed by atoms with Crippen molar-refractivity contribution in [1.29, 1.82) is 0 Å². The van der Waals surface area contributed by atoms with Crippen LogP contribution in [0.3, 0.4) is 0 Å². The van der Waals surface area contributed by atoms with E-state index >= 15 is 0 Å². The number of anilines is 1. The van der Waals surface area contributed by atoms with Gasteiger partial charge in [0.15, 0.2) is 0 Å². The van der Waals surface area contributed by atoms with E-state index in [-0.39, 0.29) is 12.6 Å². The second-order valence-corrected chi connectivity index (χ2v) is 4.23. The van der Waals surface area contributed by atoms with E-state index in [9.17, 15) is 0 Å². The van der Waals surface area contributed by atoms with Crippen molar-refractivity contribution in [2.45, 2.75) is 25.9 Å². The minimum absolute atomic E-state index is 0.201. The number of hydrogen-bond donors (Lipinski definition) is 2. The summed E-state index contributed by atoms with van der Waals surface area (Å²) in [7, 11) is 4.07. The van der Waals surface area contributed by atoms with Crippen LogP contribution in [0.25, 0.3) is 0 Å². The van der Waals surface area contributed by atoms with Crippen LogP contribution in [0.4, 0.5) is 5.69 Å². The average Bonchev–Trinajstić information content (AvgIpc) is 2.31. The van der Waals surface area contributed by atoms with Crippen LogP contribution in [-0.4, -0.2) is 31.9 Å².